The number of benzene rings is 1. The van der Waals surface area contributed by atoms with Crippen molar-refractivity contribution in [3.63, 3.8) is 0 Å². The molecule has 0 saturated carbocycles. The predicted octanol–water partition coefficient (Wildman–Crippen LogP) is 3.29. The Kier molecular flexibility index (Phi) is 7.86. The van der Waals surface area contributed by atoms with Gasteiger partial charge in [0.05, 0.1) is 18.8 Å². The van der Waals surface area contributed by atoms with Gasteiger partial charge in [-0.3, -0.25) is 0 Å². The van der Waals surface area contributed by atoms with Crippen LogP contribution in [0.15, 0.2) is 24.3 Å². The Morgan fingerprint density at radius 1 is 1.14 bits per heavy atom. The highest BCUT2D eigenvalue weighted by Crippen LogP contribution is 2.13. The molecule has 2 unspecified atom stereocenters. The van der Waals surface area contributed by atoms with E-state index in [0.717, 1.165) is 12.0 Å². The minimum atomic E-state index is -0.539. The standard InChI is InChI=1S/C17H28FNO2/c1-12(2)9-13(3)21-11-17(20)10-19-14(4)15-5-7-16(18)8-6-15/h5-8,12-14,17,19-20H,9-11H2,1-4H3/t13?,14-,17?/m1/s1. The van der Waals surface area contributed by atoms with E-state index in [1.807, 2.05) is 13.8 Å². The van der Waals surface area contributed by atoms with Gasteiger partial charge in [0.2, 0.25) is 0 Å². The third kappa shape index (κ3) is 7.55. The SMILES string of the molecule is CC(C)CC(C)OCC(O)CN[C@H](C)c1ccc(F)cc1. The summed E-state index contributed by atoms with van der Waals surface area (Å²) in [6.45, 7) is 9.11. The molecule has 0 amide bonds. The molecule has 0 bridgehead atoms. The highest BCUT2D eigenvalue weighted by Gasteiger charge is 2.11. The van der Waals surface area contributed by atoms with Gasteiger partial charge in [0.1, 0.15) is 5.82 Å². The molecule has 0 aliphatic rings. The molecule has 21 heavy (non-hydrogen) atoms. The number of halogens is 1. The van der Waals surface area contributed by atoms with E-state index in [4.69, 9.17) is 4.74 Å². The van der Waals surface area contributed by atoms with Crippen LogP contribution in [0.5, 0.6) is 0 Å². The molecule has 2 N–H and O–H groups in total. The second kappa shape index (κ2) is 9.13. The van der Waals surface area contributed by atoms with Crippen LogP contribution < -0.4 is 5.32 Å². The predicted molar refractivity (Wildman–Crippen MR) is 83.7 cm³/mol. The van der Waals surface area contributed by atoms with Crippen molar-refractivity contribution in [1.29, 1.82) is 0 Å². The van der Waals surface area contributed by atoms with Crippen LogP contribution in [0, 0.1) is 11.7 Å². The van der Waals surface area contributed by atoms with Crippen LogP contribution in [0.2, 0.25) is 0 Å². The molecule has 1 rings (SSSR count). The van der Waals surface area contributed by atoms with Gasteiger partial charge in [-0.1, -0.05) is 26.0 Å². The first kappa shape index (κ1) is 18.1. The molecule has 3 nitrogen and oxygen atoms in total. The van der Waals surface area contributed by atoms with Crippen molar-refractivity contribution >= 4 is 0 Å². The van der Waals surface area contributed by atoms with E-state index in [1.54, 1.807) is 12.1 Å². The molecule has 0 fully saturated rings. The van der Waals surface area contributed by atoms with Crippen LogP contribution in [0.4, 0.5) is 4.39 Å². The monoisotopic (exact) mass is 297 g/mol. The Hall–Kier alpha value is -0.970. The van der Waals surface area contributed by atoms with Gasteiger partial charge in [-0.2, -0.15) is 0 Å². The van der Waals surface area contributed by atoms with Crippen molar-refractivity contribution in [2.75, 3.05) is 13.2 Å². The zero-order chi connectivity index (χ0) is 15.8. The molecule has 0 aliphatic heterocycles. The molecular formula is C17H28FNO2. The van der Waals surface area contributed by atoms with E-state index in [9.17, 15) is 9.50 Å². The molecule has 1 aromatic rings. The molecule has 0 aliphatic carbocycles. The lowest BCUT2D eigenvalue weighted by Gasteiger charge is -2.20. The third-order valence-electron chi connectivity index (χ3n) is 3.41. The van der Waals surface area contributed by atoms with E-state index < -0.39 is 6.10 Å². The Labute approximate surface area is 127 Å². The quantitative estimate of drug-likeness (QED) is 0.735. The van der Waals surface area contributed by atoms with Crippen molar-refractivity contribution in [2.24, 2.45) is 5.92 Å². The number of ether oxygens (including phenoxy) is 1. The van der Waals surface area contributed by atoms with Crippen molar-refractivity contribution < 1.29 is 14.2 Å². The highest BCUT2D eigenvalue weighted by molar-refractivity contribution is 5.19. The van der Waals surface area contributed by atoms with Crippen LogP contribution in [0.25, 0.3) is 0 Å². The van der Waals surface area contributed by atoms with E-state index in [-0.39, 0.29) is 18.0 Å². The number of hydrogen-bond donors (Lipinski definition) is 2. The molecule has 0 radical (unpaired) electrons. The topological polar surface area (TPSA) is 41.5 Å². The van der Waals surface area contributed by atoms with Gasteiger partial charge in [0.15, 0.2) is 0 Å². The van der Waals surface area contributed by atoms with Gasteiger partial charge in [-0.15, -0.1) is 0 Å². The van der Waals surface area contributed by atoms with Gasteiger partial charge in [-0.05, 0) is 43.9 Å². The first-order valence-corrected chi connectivity index (χ1v) is 7.67. The average Bonchev–Trinajstić information content (AvgIpc) is 2.42. The summed E-state index contributed by atoms with van der Waals surface area (Å²) in [5.41, 5.74) is 0.998. The summed E-state index contributed by atoms with van der Waals surface area (Å²) in [6, 6.07) is 6.45. The molecule has 0 aromatic heterocycles. The van der Waals surface area contributed by atoms with Crippen LogP contribution in [-0.2, 0) is 4.74 Å². The Balaban J connectivity index is 2.26. The fraction of sp³-hybridized carbons (Fsp3) is 0.647. The first-order chi connectivity index (χ1) is 9.88. The Bertz CT molecular complexity index is 394. The zero-order valence-corrected chi connectivity index (χ0v) is 13.5. The van der Waals surface area contributed by atoms with Crippen LogP contribution in [0.3, 0.4) is 0 Å². The second-order valence-corrected chi connectivity index (χ2v) is 6.11. The molecule has 0 heterocycles. The van der Waals surface area contributed by atoms with Gasteiger partial charge in [0, 0.05) is 12.6 Å². The van der Waals surface area contributed by atoms with Crippen molar-refractivity contribution in [2.45, 2.75) is 52.4 Å². The van der Waals surface area contributed by atoms with Gasteiger partial charge in [-0.25, -0.2) is 4.39 Å². The minimum Gasteiger partial charge on any atom is -0.389 e. The Morgan fingerprint density at radius 3 is 2.33 bits per heavy atom. The summed E-state index contributed by atoms with van der Waals surface area (Å²) in [6.07, 6.45) is 0.614. The second-order valence-electron chi connectivity index (χ2n) is 6.11. The van der Waals surface area contributed by atoms with Crippen LogP contribution >= 0.6 is 0 Å². The van der Waals surface area contributed by atoms with Gasteiger partial charge in [0.25, 0.3) is 0 Å². The average molecular weight is 297 g/mol. The summed E-state index contributed by atoms with van der Waals surface area (Å²) in [5.74, 6) is 0.354. The maximum absolute atomic E-state index is 12.9. The van der Waals surface area contributed by atoms with Crippen molar-refractivity contribution in [3.8, 4) is 0 Å². The number of aliphatic hydroxyl groups is 1. The molecule has 0 saturated heterocycles. The summed E-state index contributed by atoms with van der Waals surface area (Å²) >= 11 is 0. The fourth-order valence-electron chi connectivity index (χ4n) is 2.25. The fourth-order valence-corrected chi connectivity index (χ4v) is 2.25. The normalized spacial score (nSPS) is 16.0. The lowest BCUT2D eigenvalue weighted by molar-refractivity contribution is -0.00914. The smallest absolute Gasteiger partial charge is 0.123 e. The van der Waals surface area contributed by atoms with Crippen molar-refractivity contribution in [3.05, 3.63) is 35.6 Å². The van der Waals surface area contributed by atoms with Crippen LogP contribution in [-0.4, -0.2) is 30.5 Å². The lowest BCUT2D eigenvalue weighted by Crippen LogP contribution is -2.33. The summed E-state index contributed by atoms with van der Waals surface area (Å²) in [7, 11) is 0. The summed E-state index contributed by atoms with van der Waals surface area (Å²) < 4.78 is 18.5. The number of hydrogen-bond acceptors (Lipinski definition) is 3. The maximum atomic E-state index is 12.9. The van der Waals surface area contributed by atoms with Crippen molar-refractivity contribution in [1.82, 2.24) is 5.32 Å². The van der Waals surface area contributed by atoms with Gasteiger partial charge < -0.3 is 15.2 Å². The van der Waals surface area contributed by atoms with E-state index in [0.29, 0.717) is 19.1 Å². The first-order valence-electron chi connectivity index (χ1n) is 7.67. The Morgan fingerprint density at radius 2 is 1.76 bits per heavy atom. The molecule has 120 valence electrons. The molecule has 4 heteroatoms. The number of nitrogens with one attached hydrogen (secondary N) is 1. The zero-order valence-electron chi connectivity index (χ0n) is 13.5. The molecule has 0 spiro atoms. The summed E-state index contributed by atoms with van der Waals surface area (Å²) in [4.78, 5) is 0. The molecular weight excluding hydrogens is 269 g/mol. The number of aliphatic hydroxyl groups excluding tert-OH is 1. The lowest BCUT2D eigenvalue weighted by atomic mass is 10.1. The van der Waals surface area contributed by atoms with Crippen LogP contribution in [0.1, 0.15) is 45.7 Å². The summed E-state index contributed by atoms with van der Waals surface area (Å²) in [5, 5.41) is 13.2. The van der Waals surface area contributed by atoms with E-state index in [1.165, 1.54) is 12.1 Å². The van der Waals surface area contributed by atoms with E-state index >= 15 is 0 Å². The maximum Gasteiger partial charge on any atom is 0.123 e. The minimum absolute atomic E-state index is 0.0633. The molecule has 1 aromatic carbocycles. The largest absolute Gasteiger partial charge is 0.389 e. The number of rotatable bonds is 9. The highest BCUT2D eigenvalue weighted by atomic mass is 19.1. The van der Waals surface area contributed by atoms with E-state index in [2.05, 4.69) is 19.2 Å². The molecule has 3 atom stereocenters. The third-order valence-corrected chi connectivity index (χ3v) is 3.41. The van der Waals surface area contributed by atoms with Gasteiger partial charge >= 0.3 is 0 Å².